The molecule has 0 radical (unpaired) electrons. The van der Waals surface area contributed by atoms with Crippen LogP contribution in [-0.2, 0) is 17.8 Å². The summed E-state index contributed by atoms with van der Waals surface area (Å²) in [6, 6.07) is 14.2. The molecule has 0 atom stereocenters. The largest absolute Gasteiger partial charge is 0.326 e. The molecule has 0 fully saturated rings. The topological polar surface area (TPSA) is 85.1 Å². The van der Waals surface area contributed by atoms with Crippen molar-refractivity contribution in [3.05, 3.63) is 82.3 Å². The lowest BCUT2D eigenvalue weighted by Gasteiger charge is -2.11. The molecule has 0 spiro atoms. The van der Waals surface area contributed by atoms with Crippen molar-refractivity contribution in [1.29, 1.82) is 0 Å². The van der Waals surface area contributed by atoms with Gasteiger partial charge in [-0.25, -0.2) is 9.37 Å². The van der Waals surface area contributed by atoms with Crippen LogP contribution < -0.4 is 11.1 Å². The van der Waals surface area contributed by atoms with Crippen LogP contribution in [0.3, 0.4) is 0 Å². The summed E-state index contributed by atoms with van der Waals surface area (Å²) < 4.78 is 13.8. The molecule has 0 unspecified atom stereocenters. The fourth-order valence-corrected chi connectivity index (χ4v) is 2.96. The fourth-order valence-electron chi connectivity index (χ4n) is 2.77. The molecule has 28 heavy (non-hydrogen) atoms. The first kappa shape index (κ1) is 19.7. The maximum absolute atomic E-state index is 13.8. The third-order valence-corrected chi connectivity index (χ3v) is 4.32. The minimum atomic E-state index is -0.452. The molecule has 5 nitrogen and oxygen atoms in total. The molecule has 1 amide bonds. The van der Waals surface area contributed by atoms with Gasteiger partial charge in [-0.15, -0.1) is 0 Å². The summed E-state index contributed by atoms with van der Waals surface area (Å²) in [7, 11) is 0. The molecule has 0 aliphatic rings. The van der Waals surface area contributed by atoms with Crippen LogP contribution in [0, 0.1) is 5.82 Å². The van der Waals surface area contributed by atoms with E-state index in [1.165, 1.54) is 12.1 Å². The molecule has 142 valence electrons. The van der Waals surface area contributed by atoms with E-state index < -0.39 is 11.7 Å². The average Bonchev–Trinajstić information content (AvgIpc) is 2.69. The first-order valence-corrected chi connectivity index (χ1v) is 8.88. The first-order valence-electron chi connectivity index (χ1n) is 8.50. The summed E-state index contributed by atoms with van der Waals surface area (Å²) in [5, 5.41) is 3.21. The van der Waals surface area contributed by atoms with Crippen molar-refractivity contribution >= 4 is 29.5 Å². The molecule has 2 aromatic carbocycles. The Morgan fingerprint density at radius 1 is 1.18 bits per heavy atom. The monoisotopic (exact) mass is 397 g/mol. The van der Waals surface area contributed by atoms with Gasteiger partial charge in [0.25, 0.3) is 5.91 Å². The predicted molar refractivity (Wildman–Crippen MR) is 107 cm³/mol. The van der Waals surface area contributed by atoms with E-state index in [0.717, 1.165) is 6.29 Å². The second-order valence-electron chi connectivity index (χ2n) is 6.09. The molecule has 1 aromatic heterocycles. The van der Waals surface area contributed by atoms with E-state index in [1.54, 1.807) is 42.5 Å². The van der Waals surface area contributed by atoms with Gasteiger partial charge in [0.05, 0.1) is 5.69 Å². The van der Waals surface area contributed by atoms with Gasteiger partial charge in [0.15, 0.2) is 0 Å². The Hall–Kier alpha value is -3.09. The second kappa shape index (κ2) is 8.73. The molecule has 0 saturated carbocycles. The van der Waals surface area contributed by atoms with Gasteiger partial charge in [-0.3, -0.25) is 4.79 Å². The lowest BCUT2D eigenvalue weighted by atomic mass is 10.1. The Bertz CT molecular complexity index is 1040. The molecule has 0 aliphatic heterocycles. The molecule has 0 bridgehead atoms. The summed E-state index contributed by atoms with van der Waals surface area (Å²) in [5.74, 6) is -0.874. The minimum Gasteiger partial charge on any atom is -0.326 e. The second-order valence-corrected chi connectivity index (χ2v) is 6.52. The number of hydrogen-bond donors (Lipinski definition) is 2. The van der Waals surface area contributed by atoms with Crippen molar-refractivity contribution < 1.29 is 14.0 Å². The van der Waals surface area contributed by atoms with Crippen molar-refractivity contribution in [3.63, 3.8) is 0 Å². The standard InChI is InChI=1S/C21H17ClFN3O2/c22-16-4-5-19(14(10-16)6-7-27)26-21(28)20-3-1-2-18(25-20)15-8-13(12-24)9-17(23)11-15/h1-5,7-11H,6,12,24H2,(H,26,28). The normalized spacial score (nSPS) is 10.5. The van der Waals surface area contributed by atoms with Gasteiger partial charge in [-0.05, 0) is 59.7 Å². The number of aldehydes is 1. The van der Waals surface area contributed by atoms with E-state index in [-0.39, 0.29) is 18.7 Å². The highest BCUT2D eigenvalue weighted by Crippen LogP contribution is 2.23. The van der Waals surface area contributed by atoms with Crippen LogP contribution in [0.25, 0.3) is 11.3 Å². The zero-order valence-corrected chi connectivity index (χ0v) is 15.5. The number of nitrogens with two attached hydrogens (primary N) is 1. The van der Waals surface area contributed by atoms with Crippen LogP contribution in [0.15, 0.2) is 54.6 Å². The van der Waals surface area contributed by atoms with Gasteiger partial charge >= 0.3 is 0 Å². The minimum absolute atomic E-state index is 0.120. The van der Waals surface area contributed by atoms with Crippen LogP contribution in [0.5, 0.6) is 0 Å². The van der Waals surface area contributed by atoms with Crippen LogP contribution in [0.1, 0.15) is 21.6 Å². The number of rotatable bonds is 6. The highest BCUT2D eigenvalue weighted by molar-refractivity contribution is 6.30. The highest BCUT2D eigenvalue weighted by atomic mass is 35.5. The fraction of sp³-hybridized carbons (Fsp3) is 0.0952. The van der Waals surface area contributed by atoms with Crippen LogP contribution in [0.2, 0.25) is 5.02 Å². The van der Waals surface area contributed by atoms with E-state index in [9.17, 15) is 14.0 Å². The quantitative estimate of drug-likeness (QED) is 0.616. The molecule has 1 heterocycles. The number of amides is 1. The molecule has 3 rings (SSSR count). The number of anilines is 1. The van der Waals surface area contributed by atoms with Crippen LogP contribution in [0.4, 0.5) is 10.1 Å². The molecule has 3 aromatic rings. The van der Waals surface area contributed by atoms with Gasteiger partial charge in [0.2, 0.25) is 0 Å². The number of nitrogens with zero attached hydrogens (tertiary/aromatic N) is 1. The van der Waals surface area contributed by atoms with Crippen molar-refractivity contribution in [2.24, 2.45) is 5.73 Å². The Kier molecular flexibility index (Phi) is 6.13. The third kappa shape index (κ3) is 4.60. The van der Waals surface area contributed by atoms with Crippen LogP contribution in [-0.4, -0.2) is 17.2 Å². The third-order valence-electron chi connectivity index (χ3n) is 4.09. The molecular formula is C21H17ClFN3O2. The number of pyridine rings is 1. The molecule has 0 saturated heterocycles. The van der Waals surface area contributed by atoms with E-state index in [2.05, 4.69) is 10.3 Å². The zero-order chi connectivity index (χ0) is 20.1. The number of benzene rings is 2. The van der Waals surface area contributed by atoms with Crippen molar-refractivity contribution in [3.8, 4) is 11.3 Å². The zero-order valence-electron chi connectivity index (χ0n) is 14.8. The average molecular weight is 398 g/mol. The Balaban J connectivity index is 1.89. The highest BCUT2D eigenvalue weighted by Gasteiger charge is 2.13. The molecule has 3 N–H and O–H groups in total. The molecule has 7 heteroatoms. The summed E-state index contributed by atoms with van der Waals surface area (Å²) in [6.45, 7) is 0.195. The number of nitrogens with one attached hydrogen (secondary N) is 1. The lowest BCUT2D eigenvalue weighted by Crippen LogP contribution is -2.15. The van der Waals surface area contributed by atoms with Crippen molar-refractivity contribution in [1.82, 2.24) is 4.98 Å². The van der Waals surface area contributed by atoms with Gasteiger partial charge in [-0.2, -0.15) is 0 Å². The van der Waals surface area contributed by atoms with E-state index in [1.807, 2.05) is 0 Å². The smallest absolute Gasteiger partial charge is 0.274 e. The van der Waals surface area contributed by atoms with E-state index >= 15 is 0 Å². The van der Waals surface area contributed by atoms with Crippen LogP contribution >= 0.6 is 11.6 Å². The maximum atomic E-state index is 13.8. The Morgan fingerprint density at radius 3 is 2.75 bits per heavy atom. The number of carbonyl (C=O) groups excluding carboxylic acids is 2. The van der Waals surface area contributed by atoms with Gasteiger partial charge in [0.1, 0.15) is 17.8 Å². The van der Waals surface area contributed by atoms with Crippen molar-refractivity contribution in [2.75, 3.05) is 5.32 Å². The summed E-state index contributed by atoms with van der Waals surface area (Å²) >= 11 is 5.95. The van der Waals surface area contributed by atoms with E-state index in [4.69, 9.17) is 17.3 Å². The summed E-state index contributed by atoms with van der Waals surface area (Å²) in [5.41, 5.74) is 8.44. The summed E-state index contributed by atoms with van der Waals surface area (Å²) in [4.78, 5) is 27.8. The number of carbonyl (C=O) groups is 2. The SMILES string of the molecule is NCc1cc(F)cc(-c2cccc(C(=O)Nc3ccc(Cl)cc3CC=O)n2)c1. The number of aromatic nitrogens is 1. The Morgan fingerprint density at radius 2 is 2.00 bits per heavy atom. The number of hydrogen-bond acceptors (Lipinski definition) is 4. The predicted octanol–water partition coefficient (Wildman–Crippen LogP) is 3.99. The van der Waals surface area contributed by atoms with E-state index in [0.29, 0.717) is 33.1 Å². The maximum Gasteiger partial charge on any atom is 0.274 e. The summed E-state index contributed by atoms with van der Waals surface area (Å²) in [6.07, 6.45) is 0.855. The van der Waals surface area contributed by atoms with Crippen molar-refractivity contribution in [2.45, 2.75) is 13.0 Å². The molecular weight excluding hydrogens is 381 g/mol. The van der Waals surface area contributed by atoms with Gasteiger partial charge in [0, 0.05) is 29.2 Å². The first-order chi connectivity index (χ1) is 13.5. The van der Waals surface area contributed by atoms with Gasteiger partial charge < -0.3 is 15.8 Å². The molecule has 0 aliphatic carbocycles. The lowest BCUT2D eigenvalue weighted by molar-refractivity contribution is -0.107. The van der Waals surface area contributed by atoms with Gasteiger partial charge in [-0.1, -0.05) is 17.7 Å². The Labute approximate surface area is 166 Å². The number of halogens is 2.